The second-order valence-corrected chi connectivity index (χ2v) is 5.77. The standard InChI is InChI=1S/C17H23N3O3/c1-21-13-7-8-14(15(11-13)22-2)17-18-16(23-19-17)12-20-9-5-3-4-6-10-20/h7-8,11H,3-6,9-10,12H2,1-2H3. The van der Waals surface area contributed by atoms with Crippen molar-refractivity contribution in [2.45, 2.75) is 32.2 Å². The minimum absolute atomic E-state index is 0.550. The molecular weight excluding hydrogens is 294 g/mol. The summed E-state index contributed by atoms with van der Waals surface area (Å²) in [5.41, 5.74) is 0.805. The topological polar surface area (TPSA) is 60.6 Å². The molecule has 0 radical (unpaired) electrons. The minimum atomic E-state index is 0.550. The number of nitrogens with zero attached hydrogens (tertiary/aromatic N) is 3. The van der Waals surface area contributed by atoms with Crippen LogP contribution in [0.3, 0.4) is 0 Å². The highest BCUT2D eigenvalue weighted by atomic mass is 16.5. The summed E-state index contributed by atoms with van der Waals surface area (Å²) in [6, 6.07) is 5.57. The van der Waals surface area contributed by atoms with Gasteiger partial charge < -0.3 is 14.0 Å². The van der Waals surface area contributed by atoms with E-state index in [2.05, 4.69) is 15.0 Å². The predicted molar refractivity (Wildman–Crippen MR) is 86.6 cm³/mol. The van der Waals surface area contributed by atoms with Crippen LogP contribution in [0.15, 0.2) is 22.7 Å². The van der Waals surface area contributed by atoms with Gasteiger partial charge in [-0.2, -0.15) is 4.98 Å². The van der Waals surface area contributed by atoms with Gasteiger partial charge in [0.2, 0.25) is 11.7 Å². The van der Waals surface area contributed by atoms with Crippen LogP contribution in [0.4, 0.5) is 0 Å². The SMILES string of the molecule is COc1ccc(-c2noc(CN3CCCCCC3)n2)c(OC)c1. The van der Waals surface area contributed by atoms with Crippen LogP contribution >= 0.6 is 0 Å². The van der Waals surface area contributed by atoms with Crippen LogP contribution in [0.2, 0.25) is 0 Å². The van der Waals surface area contributed by atoms with Gasteiger partial charge in [0.05, 0.1) is 26.3 Å². The largest absolute Gasteiger partial charge is 0.497 e. The van der Waals surface area contributed by atoms with Crippen molar-refractivity contribution in [1.29, 1.82) is 0 Å². The molecule has 0 amide bonds. The summed E-state index contributed by atoms with van der Waals surface area (Å²) in [4.78, 5) is 6.91. The van der Waals surface area contributed by atoms with E-state index in [1.807, 2.05) is 18.2 Å². The van der Waals surface area contributed by atoms with Gasteiger partial charge in [-0.05, 0) is 38.1 Å². The second kappa shape index (κ2) is 7.46. The molecule has 0 bridgehead atoms. The maximum absolute atomic E-state index is 5.43. The molecule has 1 aliphatic rings. The lowest BCUT2D eigenvalue weighted by Crippen LogP contribution is -2.24. The molecule has 23 heavy (non-hydrogen) atoms. The molecule has 0 N–H and O–H groups in total. The quantitative estimate of drug-likeness (QED) is 0.844. The highest BCUT2D eigenvalue weighted by Gasteiger charge is 2.17. The molecule has 0 saturated carbocycles. The molecule has 6 heteroatoms. The zero-order valence-electron chi connectivity index (χ0n) is 13.7. The van der Waals surface area contributed by atoms with Crippen molar-refractivity contribution in [2.75, 3.05) is 27.3 Å². The van der Waals surface area contributed by atoms with Gasteiger partial charge >= 0.3 is 0 Å². The lowest BCUT2D eigenvalue weighted by Gasteiger charge is -2.16. The Labute approximate surface area is 136 Å². The Hall–Kier alpha value is -2.08. The Balaban J connectivity index is 1.76. The average Bonchev–Trinajstić information content (AvgIpc) is 2.89. The molecule has 3 rings (SSSR count). The van der Waals surface area contributed by atoms with E-state index in [9.17, 15) is 0 Å². The summed E-state index contributed by atoms with van der Waals surface area (Å²) in [7, 11) is 3.25. The summed E-state index contributed by atoms with van der Waals surface area (Å²) in [6.45, 7) is 2.92. The van der Waals surface area contributed by atoms with Crippen LogP contribution in [0.25, 0.3) is 11.4 Å². The van der Waals surface area contributed by atoms with Crippen molar-refractivity contribution in [1.82, 2.24) is 15.0 Å². The Bertz CT molecular complexity index is 634. The van der Waals surface area contributed by atoms with E-state index in [0.717, 1.165) is 24.4 Å². The number of hydrogen-bond donors (Lipinski definition) is 0. The maximum atomic E-state index is 5.43. The summed E-state index contributed by atoms with van der Waals surface area (Å²) >= 11 is 0. The van der Waals surface area contributed by atoms with E-state index in [4.69, 9.17) is 14.0 Å². The Morgan fingerprint density at radius 3 is 2.57 bits per heavy atom. The molecule has 1 aliphatic heterocycles. The fourth-order valence-corrected chi connectivity index (χ4v) is 2.90. The fourth-order valence-electron chi connectivity index (χ4n) is 2.90. The number of rotatable bonds is 5. The van der Waals surface area contributed by atoms with E-state index in [0.29, 0.717) is 24.0 Å². The highest BCUT2D eigenvalue weighted by molar-refractivity contribution is 5.65. The van der Waals surface area contributed by atoms with Crippen LogP contribution in [-0.4, -0.2) is 42.3 Å². The van der Waals surface area contributed by atoms with Crippen LogP contribution in [0.5, 0.6) is 11.5 Å². The van der Waals surface area contributed by atoms with E-state index in [1.54, 1.807) is 14.2 Å². The first-order valence-electron chi connectivity index (χ1n) is 8.07. The van der Waals surface area contributed by atoms with Crippen molar-refractivity contribution in [3.8, 4) is 22.9 Å². The first kappa shape index (κ1) is 15.8. The Morgan fingerprint density at radius 2 is 1.87 bits per heavy atom. The van der Waals surface area contributed by atoms with E-state index >= 15 is 0 Å². The lowest BCUT2D eigenvalue weighted by atomic mass is 10.2. The minimum Gasteiger partial charge on any atom is -0.497 e. The zero-order valence-corrected chi connectivity index (χ0v) is 13.7. The van der Waals surface area contributed by atoms with Gasteiger partial charge in [-0.3, -0.25) is 4.90 Å². The summed E-state index contributed by atoms with van der Waals surface area (Å²) in [5, 5.41) is 4.11. The normalized spacial score (nSPS) is 16.1. The van der Waals surface area contributed by atoms with E-state index in [1.165, 1.54) is 25.7 Å². The van der Waals surface area contributed by atoms with Gasteiger partial charge in [-0.25, -0.2) is 0 Å². The van der Waals surface area contributed by atoms with Crippen molar-refractivity contribution in [3.63, 3.8) is 0 Å². The van der Waals surface area contributed by atoms with Crippen molar-refractivity contribution in [3.05, 3.63) is 24.1 Å². The van der Waals surface area contributed by atoms with Gasteiger partial charge in [-0.1, -0.05) is 18.0 Å². The Morgan fingerprint density at radius 1 is 1.09 bits per heavy atom. The lowest BCUT2D eigenvalue weighted by molar-refractivity contribution is 0.234. The number of ether oxygens (including phenoxy) is 2. The molecule has 2 heterocycles. The van der Waals surface area contributed by atoms with E-state index in [-0.39, 0.29) is 0 Å². The predicted octanol–water partition coefficient (Wildman–Crippen LogP) is 3.13. The number of methoxy groups -OCH3 is 2. The van der Waals surface area contributed by atoms with Crippen LogP contribution < -0.4 is 9.47 Å². The monoisotopic (exact) mass is 317 g/mol. The molecule has 6 nitrogen and oxygen atoms in total. The maximum Gasteiger partial charge on any atom is 0.241 e. The van der Waals surface area contributed by atoms with Crippen LogP contribution in [0.1, 0.15) is 31.6 Å². The third kappa shape index (κ3) is 3.82. The number of aromatic nitrogens is 2. The third-order valence-electron chi connectivity index (χ3n) is 4.18. The Kier molecular flexibility index (Phi) is 5.12. The molecular formula is C17H23N3O3. The number of benzene rings is 1. The summed E-state index contributed by atoms with van der Waals surface area (Å²) in [5.74, 6) is 2.61. The van der Waals surface area contributed by atoms with Gasteiger partial charge in [0, 0.05) is 6.07 Å². The van der Waals surface area contributed by atoms with Crippen molar-refractivity contribution >= 4 is 0 Å². The second-order valence-electron chi connectivity index (χ2n) is 5.77. The van der Waals surface area contributed by atoms with Crippen LogP contribution in [0, 0.1) is 0 Å². The third-order valence-corrected chi connectivity index (χ3v) is 4.18. The molecule has 1 aromatic carbocycles. The molecule has 0 atom stereocenters. The van der Waals surface area contributed by atoms with E-state index < -0.39 is 0 Å². The van der Waals surface area contributed by atoms with Gasteiger partial charge in [0.15, 0.2) is 0 Å². The molecule has 1 saturated heterocycles. The summed E-state index contributed by atoms with van der Waals surface area (Å²) < 4.78 is 16.0. The zero-order chi connectivity index (χ0) is 16.1. The van der Waals surface area contributed by atoms with Crippen molar-refractivity contribution in [2.24, 2.45) is 0 Å². The smallest absolute Gasteiger partial charge is 0.241 e. The molecule has 124 valence electrons. The fraction of sp³-hybridized carbons (Fsp3) is 0.529. The molecule has 1 aromatic heterocycles. The first-order chi connectivity index (χ1) is 11.3. The molecule has 2 aromatic rings. The van der Waals surface area contributed by atoms with Gasteiger partial charge in [0.25, 0.3) is 0 Å². The van der Waals surface area contributed by atoms with Crippen LogP contribution in [-0.2, 0) is 6.54 Å². The average molecular weight is 317 g/mol. The molecule has 1 fully saturated rings. The summed E-state index contributed by atoms with van der Waals surface area (Å²) in [6.07, 6.45) is 5.11. The van der Waals surface area contributed by atoms with Crippen molar-refractivity contribution < 1.29 is 14.0 Å². The molecule has 0 spiro atoms. The number of hydrogen-bond acceptors (Lipinski definition) is 6. The van der Waals surface area contributed by atoms with Gasteiger partial charge in [0.1, 0.15) is 11.5 Å². The molecule has 0 unspecified atom stereocenters. The van der Waals surface area contributed by atoms with Gasteiger partial charge in [-0.15, -0.1) is 0 Å². The molecule has 0 aliphatic carbocycles. The highest BCUT2D eigenvalue weighted by Crippen LogP contribution is 2.31. The first-order valence-corrected chi connectivity index (χ1v) is 8.07. The number of likely N-dealkylation sites (tertiary alicyclic amines) is 1.